The molecule has 3 atom stereocenters. The summed E-state index contributed by atoms with van der Waals surface area (Å²) in [5, 5.41) is 24.6. The highest BCUT2D eigenvalue weighted by molar-refractivity contribution is 5.97. The summed E-state index contributed by atoms with van der Waals surface area (Å²) in [5.74, 6) is -2.65. The van der Waals surface area contributed by atoms with Gasteiger partial charge in [0.25, 0.3) is 5.91 Å². The van der Waals surface area contributed by atoms with Crippen molar-refractivity contribution >= 4 is 17.7 Å². The standard InChI is InChI=1S/C16H18FN3O5/c17-10-3-1-2-8(4-10)16(25)20-11-5-9(6-12(21)14(11)23)15(24)19-7-13(18)22/h1-5,11-12,14,21,23H,6-7H2,(H2,18,22)(H,19,24)(H,20,25)/t11-,12+,14+/m0/s1. The average molecular weight is 351 g/mol. The summed E-state index contributed by atoms with van der Waals surface area (Å²) in [5.41, 5.74) is 5.05. The Labute approximate surface area is 142 Å². The molecule has 2 rings (SSSR count). The molecule has 0 saturated heterocycles. The fourth-order valence-corrected chi connectivity index (χ4v) is 2.41. The summed E-state index contributed by atoms with van der Waals surface area (Å²) in [6.45, 7) is -0.380. The van der Waals surface area contributed by atoms with Gasteiger partial charge in [-0.25, -0.2) is 4.39 Å². The average Bonchev–Trinajstić information content (AvgIpc) is 2.56. The maximum atomic E-state index is 13.2. The third-order valence-corrected chi connectivity index (χ3v) is 3.67. The zero-order chi connectivity index (χ0) is 18.6. The van der Waals surface area contributed by atoms with Crippen LogP contribution in [-0.2, 0) is 9.59 Å². The Morgan fingerprint density at radius 2 is 1.96 bits per heavy atom. The maximum Gasteiger partial charge on any atom is 0.251 e. The highest BCUT2D eigenvalue weighted by atomic mass is 19.1. The van der Waals surface area contributed by atoms with Crippen molar-refractivity contribution in [3.8, 4) is 0 Å². The first kappa shape index (κ1) is 18.6. The highest BCUT2D eigenvalue weighted by Gasteiger charge is 2.33. The van der Waals surface area contributed by atoms with Crippen molar-refractivity contribution in [2.75, 3.05) is 6.54 Å². The summed E-state index contributed by atoms with van der Waals surface area (Å²) >= 11 is 0. The molecule has 0 heterocycles. The molecule has 0 bridgehead atoms. The number of carbonyl (C=O) groups excluding carboxylic acids is 3. The molecule has 1 aromatic rings. The molecule has 0 saturated carbocycles. The maximum absolute atomic E-state index is 13.2. The van der Waals surface area contributed by atoms with E-state index in [9.17, 15) is 29.0 Å². The van der Waals surface area contributed by atoms with Gasteiger partial charge in [0.1, 0.15) is 11.9 Å². The lowest BCUT2D eigenvalue weighted by Crippen LogP contribution is -2.51. The Bertz CT molecular complexity index is 721. The van der Waals surface area contributed by atoms with Gasteiger partial charge in [0.2, 0.25) is 11.8 Å². The SMILES string of the molecule is NC(=O)CNC(=O)C1=C[C@H](NC(=O)c2cccc(F)c2)[C@@H](O)[C@H](O)C1. The second-order valence-corrected chi connectivity index (χ2v) is 5.61. The molecule has 1 aliphatic carbocycles. The van der Waals surface area contributed by atoms with Crippen molar-refractivity contribution in [3.05, 3.63) is 47.3 Å². The second-order valence-electron chi connectivity index (χ2n) is 5.61. The lowest BCUT2D eigenvalue weighted by molar-refractivity contribution is -0.123. The minimum absolute atomic E-state index is 0.0281. The van der Waals surface area contributed by atoms with Crippen molar-refractivity contribution in [1.29, 1.82) is 0 Å². The fraction of sp³-hybridized carbons (Fsp3) is 0.312. The quantitative estimate of drug-likeness (QED) is 0.442. The monoisotopic (exact) mass is 351 g/mol. The molecule has 0 spiro atoms. The predicted octanol–water partition coefficient (Wildman–Crippen LogP) is -1.42. The van der Waals surface area contributed by atoms with E-state index in [2.05, 4.69) is 10.6 Å². The van der Waals surface area contributed by atoms with Crippen LogP contribution in [0.3, 0.4) is 0 Å². The fourth-order valence-electron chi connectivity index (χ4n) is 2.41. The van der Waals surface area contributed by atoms with Gasteiger partial charge in [0.15, 0.2) is 0 Å². The number of amides is 3. The number of hydrogen-bond acceptors (Lipinski definition) is 5. The van der Waals surface area contributed by atoms with Crippen molar-refractivity contribution < 1.29 is 29.0 Å². The van der Waals surface area contributed by atoms with E-state index in [1.54, 1.807) is 0 Å². The van der Waals surface area contributed by atoms with Crippen LogP contribution in [0.15, 0.2) is 35.9 Å². The minimum atomic E-state index is -1.34. The van der Waals surface area contributed by atoms with E-state index in [1.165, 1.54) is 24.3 Å². The van der Waals surface area contributed by atoms with E-state index in [0.717, 1.165) is 6.07 Å². The van der Waals surface area contributed by atoms with Gasteiger partial charge in [-0.15, -0.1) is 0 Å². The van der Waals surface area contributed by atoms with Crippen molar-refractivity contribution in [1.82, 2.24) is 10.6 Å². The number of halogens is 1. The van der Waals surface area contributed by atoms with Crippen molar-refractivity contribution in [3.63, 3.8) is 0 Å². The Hall–Kier alpha value is -2.78. The molecule has 1 aliphatic rings. The molecule has 6 N–H and O–H groups in total. The van der Waals surface area contributed by atoms with Gasteiger partial charge in [-0.3, -0.25) is 14.4 Å². The number of aliphatic hydroxyl groups is 2. The number of carbonyl (C=O) groups is 3. The molecule has 25 heavy (non-hydrogen) atoms. The molecule has 0 unspecified atom stereocenters. The van der Waals surface area contributed by atoms with Crippen LogP contribution in [-0.4, -0.2) is 52.7 Å². The molecule has 9 heteroatoms. The number of nitrogens with two attached hydrogens (primary N) is 1. The van der Waals surface area contributed by atoms with Gasteiger partial charge in [0.05, 0.1) is 18.7 Å². The molecule has 1 aromatic carbocycles. The predicted molar refractivity (Wildman–Crippen MR) is 84.6 cm³/mol. The van der Waals surface area contributed by atoms with E-state index in [1.807, 2.05) is 0 Å². The van der Waals surface area contributed by atoms with Crippen LogP contribution in [0.2, 0.25) is 0 Å². The van der Waals surface area contributed by atoms with Crippen LogP contribution in [0.25, 0.3) is 0 Å². The van der Waals surface area contributed by atoms with Crippen LogP contribution in [0, 0.1) is 5.82 Å². The molecule has 0 fully saturated rings. The van der Waals surface area contributed by atoms with Crippen LogP contribution < -0.4 is 16.4 Å². The molecule has 0 aliphatic heterocycles. The highest BCUT2D eigenvalue weighted by Crippen LogP contribution is 2.20. The lowest BCUT2D eigenvalue weighted by atomic mass is 9.90. The van der Waals surface area contributed by atoms with Gasteiger partial charge in [-0.1, -0.05) is 12.1 Å². The molecular formula is C16H18FN3O5. The Morgan fingerprint density at radius 3 is 2.60 bits per heavy atom. The normalized spacial score (nSPS) is 22.7. The minimum Gasteiger partial charge on any atom is -0.390 e. The van der Waals surface area contributed by atoms with E-state index in [-0.39, 0.29) is 24.1 Å². The molecule has 134 valence electrons. The summed E-state index contributed by atoms with van der Waals surface area (Å²) < 4.78 is 13.2. The van der Waals surface area contributed by atoms with Gasteiger partial charge < -0.3 is 26.6 Å². The largest absolute Gasteiger partial charge is 0.390 e. The molecule has 0 aromatic heterocycles. The summed E-state index contributed by atoms with van der Waals surface area (Å²) in [7, 11) is 0. The first-order chi connectivity index (χ1) is 11.8. The first-order valence-corrected chi connectivity index (χ1v) is 7.47. The van der Waals surface area contributed by atoms with E-state index >= 15 is 0 Å². The van der Waals surface area contributed by atoms with E-state index in [0.29, 0.717) is 0 Å². The molecule has 8 nitrogen and oxygen atoms in total. The van der Waals surface area contributed by atoms with Gasteiger partial charge >= 0.3 is 0 Å². The molecule has 0 radical (unpaired) electrons. The van der Waals surface area contributed by atoms with E-state index < -0.39 is 41.8 Å². The number of primary amides is 1. The number of hydrogen-bond donors (Lipinski definition) is 5. The second kappa shape index (κ2) is 7.86. The number of rotatable bonds is 5. The number of nitrogens with one attached hydrogen (secondary N) is 2. The summed E-state index contributed by atoms with van der Waals surface area (Å²) in [6, 6.07) is 3.87. The zero-order valence-corrected chi connectivity index (χ0v) is 13.1. The third kappa shape index (κ3) is 4.85. The number of aliphatic hydroxyl groups excluding tert-OH is 2. The zero-order valence-electron chi connectivity index (χ0n) is 13.1. The van der Waals surface area contributed by atoms with Crippen LogP contribution in [0.1, 0.15) is 16.8 Å². The van der Waals surface area contributed by atoms with Crippen LogP contribution in [0.4, 0.5) is 4.39 Å². The third-order valence-electron chi connectivity index (χ3n) is 3.67. The smallest absolute Gasteiger partial charge is 0.251 e. The van der Waals surface area contributed by atoms with Gasteiger partial charge in [-0.2, -0.15) is 0 Å². The van der Waals surface area contributed by atoms with Gasteiger partial charge in [0, 0.05) is 17.6 Å². The molecular weight excluding hydrogens is 333 g/mol. The van der Waals surface area contributed by atoms with E-state index in [4.69, 9.17) is 5.73 Å². The summed E-state index contributed by atoms with van der Waals surface area (Å²) in [4.78, 5) is 34.8. The topological polar surface area (TPSA) is 142 Å². The Balaban J connectivity index is 2.13. The van der Waals surface area contributed by atoms with Crippen LogP contribution in [0.5, 0.6) is 0 Å². The van der Waals surface area contributed by atoms with Gasteiger partial charge in [-0.05, 0) is 18.2 Å². The van der Waals surface area contributed by atoms with Crippen LogP contribution >= 0.6 is 0 Å². The van der Waals surface area contributed by atoms with Crippen molar-refractivity contribution in [2.45, 2.75) is 24.7 Å². The Morgan fingerprint density at radius 1 is 1.24 bits per heavy atom. The van der Waals surface area contributed by atoms with Crippen molar-refractivity contribution in [2.24, 2.45) is 5.73 Å². The first-order valence-electron chi connectivity index (χ1n) is 7.47. The molecule has 3 amide bonds. The summed E-state index contributed by atoms with van der Waals surface area (Å²) in [6.07, 6.45) is -1.51. The number of benzene rings is 1. The lowest BCUT2D eigenvalue weighted by Gasteiger charge is -2.31. The Kier molecular flexibility index (Phi) is 5.84.